The fourth-order valence-electron chi connectivity index (χ4n) is 1.03. The summed E-state index contributed by atoms with van der Waals surface area (Å²) in [6.07, 6.45) is 0. The van der Waals surface area contributed by atoms with Gasteiger partial charge >= 0.3 is 0 Å². The summed E-state index contributed by atoms with van der Waals surface area (Å²) in [6, 6.07) is 5.84. The predicted molar refractivity (Wildman–Crippen MR) is 58.4 cm³/mol. The van der Waals surface area contributed by atoms with Gasteiger partial charge in [0, 0.05) is 5.02 Å². The van der Waals surface area contributed by atoms with Crippen molar-refractivity contribution < 1.29 is 13.6 Å². The zero-order valence-corrected chi connectivity index (χ0v) is 9.59. The van der Waals surface area contributed by atoms with Crippen LogP contribution < -0.4 is 0 Å². The fourth-order valence-corrected chi connectivity index (χ4v) is 2.48. The second kappa shape index (κ2) is 4.63. The Balaban J connectivity index is 3.02. The molecule has 0 fully saturated rings. The van der Waals surface area contributed by atoms with E-state index < -0.39 is 9.84 Å². The van der Waals surface area contributed by atoms with Gasteiger partial charge in [0.2, 0.25) is 0 Å². The minimum atomic E-state index is -3.44. The molecule has 6 heteroatoms. The van der Waals surface area contributed by atoms with Gasteiger partial charge < -0.3 is 5.21 Å². The number of hydrogen-bond donors (Lipinski definition) is 1. The molecule has 0 aliphatic carbocycles. The van der Waals surface area contributed by atoms with Gasteiger partial charge in [0.25, 0.3) is 0 Å². The number of oxime groups is 1. The van der Waals surface area contributed by atoms with E-state index in [4.69, 9.17) is 16.8 Å². The molecule has 0 unspecified atom stereocenters. The van der Waals surface area contributed by atoms with Gasteiger partial charge in [0.15, 0.2) is 9.84 Å². The molecule has 0 amide bonds. The van der Waals surface area contributed by atoms with Crippen LogP contribution in [-0.2, 0) is 9.84 Å². The Labute approximate surface area is 93.1 Å². The highest BCUT2D eigenvalue weighted by Crippen LogP contribution is 2.15. The highest BCUT2D eigenvalue weighted by molar-refractivity contribution is 7.92. The Kier molecular flexibility index (Phi) is 3.71. The van der Waals surface area contributed by atoms with Crippen molar-refractivity contribution in [2.45, 2.75) is 11.8 Å². The summed E-state index contributed by atoms with van der Waals surface area (Å²) in [4.78, 5) is 0.162. The average Bonchev–Trinajstić information content (AvgIpc) is 2.17. The lowest BCUT2D eigenvalue weighted by molar-refractivity contribution is 0.318. The lowest BCUT2D eigenvalue weighted by Gasteiger charge is -2.02. The van der Waals surface area contributed by atoms with Crippen molar-refractivity contribution >= 4 is 27.1 Å². The minimum Gasteiger partial charge on any atom is -0.411 e. The van der Waals surface area contributed by atoms with Crippen molar-refractivity contribution in [3.63, 3.8) is 0 Å². The monoisotopic (exact) mass is 247 g/mol. The van der Waals surface area contributed by atoms with Crippen molar-refractivity contribution in [3.8, 4) is 0 Å². The van der Waals surface area contributed by atoms with Gasteiger partial charge in [-0.25, -0.2) is 8.42 Å². The first-order valence-corrected chi connectivity index (χ1v) is 6.14. The lowest BCUT2D eigenvalue weighted by atomic mass is 10.4. The summed E-state index contributed by atoms with van der Waals surface area (Å²) in [5.41, 5.74) is 0.143. The van der Waals surface area contributed by atoms with Crippen LogP contribution in [0.1, 0.15) is 6.92 Å². The van der Waals surface area contributed by atoms with Crippen LogP contribution in [0.4, 0.5) is 0 Å². The molecule has 0 aliphatic heterocycles. The van der Waals surface area contributed by atoms with Crippen LogP contribution in [0.2, 0.25) is 5.02 Å². The van der Waals surface area contributed by atoms with E-state index in [1.165, 1.54) is 31.2 Å². The molecule has 0 atom stereocenters. The van der Waals surface area contributed by atoms with E-state index in [0.29, 0.717) is 5.02 Å². The van der Waals surface area contributed by atoms with Crippen LogP contribution in [0.3, 0.4) is 0 Å². The van der Waals surface area contributed by atoms with Gasteiger partial charge in [-0.3, -0.25) is 0 Å². The Hall–Kier alpha value is -1.07. The number of benzene rings is 1. The second-order valence-electron chi connectivity index (χ2n) is 3.05. The summed E-state index contributed by atoms with van der Waals surface area (Å²) in [6.45, 7) is 1.44. The maximum absolute atomic E-state index is 11.7. The van der Waals surface area contributed by atoms with E-state index in [2.05, 4.69) is 5.16 Å². The van der Waals surface area contributed by atoms with E-state index in [1.807, 2.05) is 0 Å². The fraction of sp³-hybridized carbons (Fsp3) is 0.222. The predicted octanol–water partition coefficient (Wildman–Crippen LogP) is 1.96. The number of nitrogens with zero attached hydrogens (tertiary/aromatic N) is 1. The summed E-state index contributed by atoms with van der Waals surface area (Å²) in [7, 11) is -3.44. The number of rotatable bonds is 3. The normalized spacial score (nSPS) is 12.8. The lowest BCUT2D eigenvalue weighted by Crippen LogP contribution is -2.13. The Morgan fingerprint density at radius 2 is 1.93 bits per heavy atom. The molecule has 0 bridgehead atoms. The summed E-state index contributed by atoms with van der Waals surface area (Å²) >= 11 is 5.64. The summed E-state index contributed by atoms with van der Waals surface area (Å²) in [5, 5.41) is 11.7. The largest absolute Gasteiger partial charge is 0.411 e. The van der Waals surface area contributed by atoms with Crippen molar-refractivity contribution in [2.75, 3.05) is 5.75 Å². The molecule has 15 heavy (non-hydrogen) atoms. The maximum Gasteiger partial charge on any atom is 0.183 e. The molecule has 1 N–H and O–H groups in total. The van der Waals surface area contributed by atoms with Crippen LogP contribution in [0.5, 0.6) is 0 Å². The molecular formula is C9H10ClNO3S. The van der Waals surface area contributed by atoms with Gasteiger partial charge in [-0.15, -0.1) is 0 Å². The Bertz CT molecular complexity index is 465. The smallest absolute Gasteiger partial charge is 0.183 e. The van der Waals surface area contributed by atoms with E-state index in [0.717, 1.165) is 0 Å². The highest BCUT2D eigenvalue weighted by atomic mass is 35.5. The van der Waals surface area contributed by atoms with Gasteiger partial charge in [0.1, 0.15) is 0 Å². The quantitative estimate of drug-likeness (QED) is 0.504. The maximum atomic E-state index is 11.7. The molecule has 0 spiro atoms. The molecule has 0 heterocycles. The second-order valence-corrected chi connectivity index (χ2v) is 5.47. The van der Waals surface area contributed by atoms with Gasteiger partial charge in [0.05, 0.1) is 16.4 Å². The molecule has 1 aromatic carbocycles. The summed E-state index contributed by atoms with van der Waals surface area (Å²) < 4.78 is 23.4. The van der Waals surface area contributed by atoms with Gasteiger partial charge in [-0.1, -0.05) is 16.8 Å². The standard InChI is InChI=1S/C9H10ClNO3S/c1-7(11-12)6-15(13,14)9-4-2-8(10)3-5-9/h2-5,12H,6H2,1H3. The van der Waals surface area contributed by atoms with E-state index in [9.17, 15) is 8.42 Å². The first-order valence-electron chi connectivity index (χ1n) is 4.11. The third kappa shape index (κ3) is 3.21. The first kappa shape index (κ1) is 12.0. The molecule has 0 aromatic heterocycles. The van der Waals surface area contributed by atoms with E-state index >= 15 is 0 Å². The highest BCUT2D eigenvalue weighted by Gasteiger charge is 2.15. The minimum absolute atomic E-state index is 0.143. The van der Waals surface area contributed by atoms with Crippen LogP contribution in [0, 0.1) is 0 Å². The molecule has 0 saturated heterocycles. The Morgan fingerprint density at radius 1 is 1.40 bits per heavy atom. The van der Waals surface area contributed by atoms with Crippen molar-refractivity contribution in [2.24, 2.45) is 5.16 Å². The molecule has 0 radical (unpaired) electrons. The number of sulfone groups is 1. The van der Waals surface area contributed by atoms with Crippen LogP contribution in [-0.4, -0.2) is 25.1 Å². The molecule has 0 aliphatic rings. The van der Waals surface area contributed by atoms with Crippen molar-refractivity contribution in [1.29, 1.82) is 0 Å². The molecule has 0 saturated carbocycles. The Morgan fingerprint density at radius 3 is 2.40 bits per heavy atom. The zero-order valence-electron chi connectivity index (χ0n) is 8.01. The summed E-state index contributed by atoms with van der Waals surface area (Å²) in [5.74, 6) is -0.300. The molecule has 1 rings (SSSR count). The molecule has 4 nitrogen and oxygen atoms in total. The van der Waals surface area contributed by atoms with Crippen molar-refractivity contribution in [1.82, 2.24) is 0 Å². The van der Waals surface area contributed by atoms with Gasteiger partial charge in [-0.2, -0.15) is 0 Å². The zero-order chi connectivity index (χ0) is 11.5. The number of halogens is 1. The van der Waals surface area contributed by atoms with Crippen LogP contribution in [0.25, 0.3) is 0 Å². The van der Waals surface area contributed by atoms with Gasteiger partial charge in [-0.05, 0) is 31.2 Å². The van der Waals surface area contributed by atoms with E-state index in [-0.39, 0.29) is 16.4 Å². The SMILES string of the molecule is CC(CS(=O)(=O)c1ccc(Cl)cc1)=NO. The third-order valence-corrected chi connectivity index (χ3v) is 3.78. The van der Waals surface area contributed by atoms with Crippen LogP contribution in [0.15, 0.2) is 34.3 Å². The number of hydrogen-bond acceptors (Lipinski definition) is 4. The van der Waals surface area contributed by atoms with Crippen LogP contribution >= 0.6 is 11.6 Å². The van der Waals surface area contributed by atoms with E-state index in [1.54, 1.807) is 0 Å². The third-order valence-electron chi connectivity index (χ3n) is 1.74. The molecular weight excluding hydrogens is 238 g/mol. The molecule has 1 aromatic rings. The first-order chi connectivity index (χ1) is 6.95. The van der Waals surface area contributed by atoms with Crippen molar-refractivity contribution in [3.05, 3.63) is 29.3 Å². The topological polar surface area (TPSA) is 66.7 Å². The average molecular weight is 248 g/mol. The molecule has 82 valence electrons.